The van der Waals surface area contributed by atoms with Gasteiger partial charge in [0.05, 0.1) is 12.3 Å². The maximum atomic E-state index is 11.9. The molecule has 1 unspecified atom stereocenters. The van der Waals surface area contributed by atoms with Gasteiger partial charge in [0.2, 0.25) is 5.91 Å². The van der Waals surface area contributed by atoms with E-state index in [2.05, 4.69) is 5.32 Å². The van der Waals surface area contributed by atoms with E-state index in [1.54, 1.807) is 0 Å². The van der Waals surface area contributed by atoms with Crippen LogP contribution in [-0.2, 0) is 4.79 Å². The molecule has 1 amide bonds. The van der Waals surface area contributed by atoms with Gasteiger partial charge in [-0.25, -0.2) is 0 Å². The second-order valence-electron chi connectivity index (χ2n) is 4.40. The Bertz CT molecular complexity index is 405. The van der Waals surface area contributed by atoms with Crippen LogP contribution < -0.4 is 15.8 Å². The summed E-state index contributed by atoms with van der Waals surface area (Å²) >= 11 is 0. The number of hydrogen-bond donors (Lipinski definition) is 2. The lowest BCUT2D eigenvalue weighted by molar-refractivity contribution is -0.119. The van der Waals surface area contributed by atoms with Crippen LogP contribution in [0.1, 0.15) is 25.8 Å². The van der Waals surface area contributed by atoms with Crippen molar-refractivity contribution in [1.82, 2.24) is 0 Å². The fourth-order valence-corrected chi connectivity index (χ4v) is 1.64. The standard InChI is InChI=1S/C14H22N2O2/c1-4-18-13-9-10(2)5-6-12(13)16-14(17)11(3)7-8-15/h5-6,9,11H,4,7-8,15H2,1-3H3,(H,16,17). The first-order chi connectivity index (χ1) is 8.58. The van der Waals surface area contributed by atoms with E-state index in [9.17, 15) is 4.79 Å². The maximum Gasteiger partial charge on any atom is 0.227 e. The van der Waals surface area contributed by atoms with Gasteiger partial charge in [0.15, 0.2) is 0 Å². The van der Waals surface area contributed by atoms with E-state index < -0.39 is 0 Å². The third kappa shape index (κ3) is 4.04. The van der Waals surface area contributed by atoms with Crippen molar-refractivity contribution in [2.45, 2.75) is 27.2 Å². The molecule has 1 rings (SSSR count). The first kappa shape index (κ1) is 14.5. The quantitative estimate of drug-likeness (QED) is 0.814. The molecular formula is C14H22N2O2. The molecule has 3 N–H and O–H groups in total. The number of nitrogens with one attached hydrogen (secondary N) is 1. The number of ether oxygens (including phenoxy) is 1. The van der Waals surface area contributed by atoms with Crippen molar-refractivity contribution in [2.24, 2.45) is 11.7 Å². The normalized spacial score (nSPS) is 12.0. The van der Waals surface area contributed by atoms with Crippen LogP contribution >= 0.6 is 0 Å². The molecule has 0 fully saturated rings. The number of amides is 1. The van der Waals surface area contributed by atoms with Crippen molar-refractivity contribution in [3.63, 3.8) is 0 Å². The Balaban J connectivity index is 2.80. The van der Waals surface area contributed by atoms with E-state index in [1.807, 2.05) is 39.0 Å². The van der Waals surface area contributed by atoms with Gasteiger partial charge in [-0.15, -0.1) is 0 Å². The summed E-state index contributed by atoms with van der Waals surface area (Å²) in [6.07, 6.45) is 0.682. The molecule has 4 heteroatoms. The van der Waals surface area contributed by atoms with E-state index in [0.29, 0.717) is 25.3 Å². The van der Waals surface area contributed by atoms with Crippen LogP contribution in [0.4, 0.5) is 5.69 Å². The number of rotatable bonds is 6. The van der Waals surface area contributed by atoms with Crippen molar-refractivity contribution in [2.75, 3.05) is 18.5 Å². The van der Waals surface area contributed by atoms with Gasteiger partial charge in [0.25, 0.3) is 0 Å². The topological polar surface area (TPSA) is 64.3 Å². The third-order valence-corrected chi connectivity index (χ3v) is 2.74. The minimum Gasteiger partial charge on any atom is -0.492 e. The van der Waals surface area contributed by atoms with E-state index in [0.717, 1.165) is 11.3 Å². The Morgan fingerprint density at radius 2 is 2.22 bits per heavy atom. The number of benzene rings is 1. The highest BCUT2D eigenvalue weighted by molar-refractivity contribution is 5.93. The van der Waals surface area contributed by atoms with Gasteiger partial charge in [-0.2, -0.15) is 0 Å². The lowest BCUT2D eigenvalue weighted by Gasteiger charge is -2.15. The molecule has 0 radical (unpaired) electrons. The monoisotopic (exact) mass is 250 g/mol. The van der Waals surface area contributed by atoms with Gasteiger partial charge in [0.1, 0.15) is 5.75 Å². The Kier molecular flexibility index (Phi) is 5.65. The molecular weight excluding hydrogens is 228 g/mol. The minimum absolute atomic E-state index is 0.0229. The van der Waals surface area contributed by atoms with Gasteiger partial charge >= 0.3 is 0 Å². The van der Waals surface area contributed by atoms with E-state index >= 15 is 0 Å². The molecule has 18 heavy (non-hydrogen) atoms. The lowest BCUT2D eigenvalue weighted by Crippen LogP contribution is -2.23. The zero-order valence-electron chi connectivity index (χ0n) is 11.3. The fourth-order valence-electron chi connectivity index (χ4n) is 1.64. The number of carbonyl (C=O) groups is 1. The zero-order valence-corrected chi connectivity index (χ0v) is 11.3. The Morgan fingerprint density at radius 1 is 1.50 bits per heavy atom. The van der Waals surface area contributed by atoms with Crippen LogP contribution in [0, 0.1) is 12.8 Å². The number of aryl methyl sites for hydroxylation is 1. The molecule has 0 aromatic heterocycles. The van der Waals surface area contributed by atoms with Gasteiger partial charge in [0, 0.05) is 5.92 Å². The van der Waals surface area contributed by atoms with Crippen molar-refractivity contribution in [3.8, 4) is 5.75 Å². The van der Waals surface area contributed by atoms with Crippen LogP contribution in [0.5, 0.6) is 5.75 Å². The Hall–Kier alpha value is -1.55. The summed E-state index contributed by atoms with van der Waals surface area (Å²) in [5.41, 5.74) is 7.28. The summed E-state index contributed by atoms with van der Waals surface area (Å²) in [6, 6.07) is 5.74. The second kappa shape index (κ2) is 7.01. The lowest BCUT2D eigenvalue weighted by atomic mass is 10.1. The first-order valence-electron chi connectivity index (χ1n) is 6.32. The summed E-state index contributed by atoms with van der Waals surface area (Å²) in [5.74, 6) is 0.599. The van der Waals surface area contributed by atoms with E-state index in [4.69, 9.17) is 10.5 Å². The van der Waals surface area contributed by atoms with Gasteiger partial charge < -0.3 is 15.8 Å². The van der Waals surface area contributed by atoms with Crippen LogP contribution in [0.3, 0.4) is 0 Å². The second-order valence-corrected chi connectivity index (χ2v) is 4.40. The highest BCUT2D eigenvalue weighted by Gasteiger charge is 2.14. The summed E-state index contributed by atoms with van der Waals surface area (Å²) in [6.45, 7) is 6.87. The minimum atomic E-state index is -0.0919. The van der Waals surface area contributed by atoms with Crippen molar-refractivity contribution in [1.29, 1.82) is 0 Å². The predicted molar refractivity (Wildman–Crippen MR) is 73.8 cm³/mol. The van der Waals surface area contributed by atoms with Crippen LogP contribution in [0.25, 0.3) is 0 Å². The molecule has 0 bridgehead atoms. The highest BCUT2D eigenvalue weighted by Crippen LogP contribution is 2.26. The number of anilines is 1. The zero-order chi connectivity index (χ0) is 13.5. The molecule has 0 spiro atoms. The average Bonchev–Trinajstić information content (AvgIpc) is 2.33. The largest absolute Gasteiger partial charge is 0.492 e. The maximum absolute atomic E-state index is 11.9. The van der Waals surface area contributed by atoms with Crippen molar-refractivity contribution >= 4 is 11.6 Å². The molecule has 100 valence electrons. The summed E-state index contributed by atoms with van der Waals surface area (Å²) in [5, 5.41) is 2.89. The molecule has 0 aliphatic rings. The van der Waals surface area contributed by atoms with Crippen molar-refractivity contribution < 1.29 is 9.53 Å². The average molecular weight is 250 g/mol. The molecule has 0 aliphatic heterocycles. The molecule has 0 aliphatic carbocycles. The number of carbonyl (C=O) groups excluding carboxylic acids is 1. The highest BCUT2D eigenvalue weighted by atomic mass is 16.5. The molecule has 1 aromatic carbocycles. The molecule has 0 saturated carbocycles. The summed E-state index contributed by atoms with van der Waals surface area (Å²) in [4.78, 5) is 11.9. The predicted octanol–water partition coefficient (Wildman–Crippen LogP) is 2.32. The molecule has 1 atom stereocenters. The Morgan fingerprint density at radius 3 is 2.83 bits per heavy atom. The SMILES string of the molecule is CCOc1cc(C)ccc1NC(=O)C(C)CCN. The van der Waals surface area contributed by atoms with Crippen LogP contribution in [0.2, 0.25) is 0 Å². The molecule has 4 nitrogen and oxygen atoms in total. The number of hydrogen-bond acceptors (Lipinski definition) is 3. The Labute approximate surface area is 109 Å². The van der Waals surface area contributed by atoms with E-state index in [-0.39, 0.29) is 11.8 Å². The van der Waals surface area contributed by atoms with Crippen LogP contribution in [-0.4, -0.2) is 19.1 Å². The smallest absolute Gasteiger partial charge is 0.227 e. The number of nitrogens with two attached hydrogens (primary N) is 1. The van der Waals surface area contributed by atoms with Gasteiger partial charge in [-0.1, -0.05) is 13.0 Å². The van der Waals surface area contributed by atoms with Crippen LogP contribution in [0.15, 0.2) is 18.2 Å². The molecule has 0 heterocycles. The first-order valence-corrected chi connectivity index (χ1v) is 6.32. The third-order valence-electron chi connectivity index (χ3n) is 2.74. The molecule has 1 aromatic rings. The van der Waals surface area contributed by atoms with E-state index in [1.165, 1.54) is 0 Å². The van der Waals surface area contributed by atoms with Gasteiger partial charge in [-0.3, -0.25) is 4.79 Å². The molecule has 0 saturated heterocycles. The summed E-state index contributed by atoms with van der Waals surface area (Å²) in [7, 11) is 0. The summed E-state index contributed by atoms with van der Waals surface area (Å²) < 4.78 is 5.52. The van der Waals surface area contributed by atoms with Crippen molar-refractivity contribution in [3.05, 3.63) is 23.8 Å². The van der Waals surface area contributed by atoms with Gasteiger partial charge in [-0.05, 0) is 44.5 Å². The fraction of sp³-hybridized carbons (Fsp3) is 0.500.